The zero-order valence-corrected chi connectivity index (χ0v) is 7.97. The zero-order valence-electron chi connectivity index (χ0n) is 5.64. The molecule has 0 amide bonds. The van der Waals surface area contributed by atoms with Crippen LogP contribution in [0.1, 0.15) is 0 Å². The van der Waals surface area contributed by atoms with Gasteiger partial charge in [-0.15, -0.1) is 0 Å². The molecule has 12 heavy (non-hydrogen) atoms. The van der Waals surface area contributed by atoms with Gasteiger partial charge in [0.1, 0.15) is 5.82 Å². The number of halogens is 3. The SMILES string of the molecule is Fc1ccc2snc(Cl)c2c1Cl. The number of fused-ring (bicyclic) bond motifs is 1. The van der Waals surface area contributed by atoms with Crippen LogP contribution >= 0.6 is 34.7 Å². The van der Waals surface area contributed by atoms with E-state index in [0.717, 1.165) is 4.70 Å². The van der Waals surface area contributed by atoms with Crippen LogP contribution in [0.5, 0.6) is 0 Å². The standard InChI is InChI=1S/C7H2Cl2FNS/c8-6-3(10)1-2-4-5(6)7(9)11-12-4/h1-2H. The van der Waals surface area contributed by atoms with Crippen molar-refractivity contribution in [1.29, 1.82) is 0 Å². The normalized spacial score (nSPS) is 10.9. The quantitative estimate of drug-likeness (QED) is 0.661. The molecule has 0 fully saturated rings. The molecule has 0 atom stereocenters. The van der Waals surface area contributed by atoms with Crippen molar-refractivity contribution in [3.05, 3.63) is 28.1 Å². The highest BCUT2D eigenvalue weighted by Crippen LogP contribution is 2.34. The van der Waals surface area contributed by atoms with Gasteiger partial charge in [-0.3, -0.25) is 0 Å². The van der Waals surface area contributed by atoms with Crippen molar-refractivity contribution in [2.24, 2.45) is 0 Å². The second-order valence-electron chi connectivity index (χ2n) is 2.21. The van der Waals surface area contributed by atoms with E-state index in [1.165, 1.54) is 17.6 Å². The van der Waals surface area contributed by atoms with Gasteiger partial charge in [0.25, 0.3) is 0 Å². The first-order chi connectivity index (χ1) is 5.70. The molecule has 0 aliphatic carbocycles. The first kappa shape index (κ1) is 8.23. The average Bonchev–Trinajstić information content (AvgIpc) is 2.41. The number of benzene rings is 1. The Balaban J connectivity index is 2.96. The van der Waals surface area contributed by atoms with E-state index in [2.05, 4.69) is 4.37 Å². The van der Waals surface area contributed by atoms with Crippen molar-refractivity contribution in [3.8, 4) is 0 Å². The summed E-state index contributed by atoms with van der Waals surface area (Å²) in [6.07, 6.45) is 0. The Labute approximate surface area is 81.9 Å². The largest absolute Gasteiger partial charge is 0.205 e. The second-order valence-corrected chi connectivity index (χ2v) is 3.75. The number of aromatic nitrogens is 1. The van der Waals surface area contributed by atoms with Crippen LogP contribution in [0.3, 0.4) is 0 Å². The Hall–Kier alpha value is -0.380. The molecular weight excluding hydrogens is 220 g/mol. The summed E-state index contributed by atoms with van der Waals surface area (Å²) in [6, 6.07) is 2.92. The van der Waals surface area contributed by atoms with Gasteiger partial charge in [0, 0.05) is 0 Å². The van der Waals surface area contributed by atoms with Gasteiger partial charge < -0.3 is 0 Å². The lowest BCUT2D eigenvalue weighted by atomic mass is 10.3. The summed E-state index contributed by atoms with van der Waals surface area (Å²) in [7, 11) is 0. The van der Waals surface area contributed by atoms with Crippen LogP contribution < -0.4 is 0 Å². The Morgan fingerprint density at radius 1 is 1.33 bits per heavy atom. The van der Waals surface area contributed by atoms with Gasteiger partial charge in [-0.25, -0.2) is 4.39 Å². The van der Waals surface area contributed by atoms with E-state index in [1.807, 2.05) is 0 Å². The molecule has 2 rings (SSSR count). The molecule has 0 spiro atoms. The lowest BCUT2D eigenvalue weighted by molar-refractivity contribution is 0.630. The maximum absolute atomic E-state index is 12.9. The van der Waals surface area contributed by atoms with Crippen molar-refractivity contribution in [2.75, 3.05) is 0 Å². The molecule has 1 aromatic heterocycles. The molecule has 5 heteroatoms. The predicted octanol–water partition coefficient (Wildman–Crippen LogP) is 3.74. The third kappa shape index (κ3) is 1.09. The summed E-state index contributed by atoms with van der Waals surface area (Å²) in [5.74, 6) is -0.466. The van der Waals surface area contributed by atoms with Crippen molar-refractivity contribution in [2.45, 2.75) is 0 Å². The molecule has 1 aromatic carbocycles. The van der Waals surface area contributed by atoms with Crippen LogP contribution in [-0.4, -0.2) is 4.37 Å². The Morgan fingerprint density at radius 2 is 2.08 bits per heavy atom. The van der Waals surface area contributed by atoms with Gasteiger partial charge in [-0.05, 0) is 23.7 Å². The first-order valence-corrected chi connectivity index (χ1v) is 4.62. The van der Waals surface area contributed by atoms with E-state index in [4.69, 9.17) is 23.2 Å². The van der Waals surface area contributed by atoms with Crippen LogP contribution in [0.2, 0.25) is 10.2 Å². The molecule has 0 aliphatic rings. The summed E-state index contributed by atoms with van der Waals surface area (Å²) in [4.78, 5) is 0. The zero-order chi connectivity index (χ0) is 8.72. The highest BCUT2D eigenvalue weighted by atomic mass is 35.5. The molecule has 0 N–H and O–H groups in total. The van der Waals surface area contributed by atoms with Crippen LogP contribution in [0.4, 0.5) is 4.39 Å². The van der Waals surface area contributed by atoms with Gasteiger partial charge in [-0.1, -0.05) is 23.2 Å². The summed E-state index contributed by atoms with van der Waals surface area (Å²) in [5.41, 5.74) is 0. The minimum atomic E-state index is -0.466. The van der Waals surface area contributed by atoms with E-state index in [1.54, 1.807) is 6.07 Å². The minimum Gasteiger partial charge on any atom is -0.205 e. The van der Waals surface area contributed by atoms with E-state index in [0.29, 0.717) is 5.39 Å². The van der Waals surface area contributed by atoms with Crippen LogP contribution in [0.25, 0.3) is 10.1 Å². The summed E-state index contributed by atoms with van der Waals surface area (Å²) >= 11 is 12.6. The maximum atomic E-state index is 12.9. The summed E-state index contributed by atoms with van der Waals surface area (Å²) in [6.45, 7) is 0. The Morgan fingerprint density at radius 3 is 2.83 bits per heavy atom. The highest BCUT2D eigenvalue weighted by Gasteiger charge is 2.11. The van der Waals surface area contributed by atoms with Crippen LogP contribution in [0, 0.1) is 5.82 Å². The smallest absolute Gasteiger partial charge is 0.152 e. The minimum absolute atomic E-state index is 0.0475. The topological polar surface area (TPSA) is 12.9 Å². The molecule has 0 unspecified atom stereocenters. The van der Waals surface area contributed by atoms with Gasteiger partial charge in [0.15, 0.2) is 5.15 Å². The van der Waals surface area contributed by atoms with Crippen molar-refractivity contribution < 1.29 is 4.39 Å². The molecule has 0 saturated carbocycles. The van der Waals surface area contributed by atoms with Gasteiger partial charge in [0.2, 0.25) is 0 Å². The lowest BCUT2D eigenvalue weighted by Crippen LogP contribution is -1.75. The molecule has 2 aromatic rings. The first-order valence-electron chi connectivity index (χ1n) is 3.09. The van der Waals surface area contributed by atoms with Crippen LogP contribution in [-0.2, 0) is 0 Å². The number of nitrogens with zero attached hydrogens (tertiary/aromatic N) is 1. The fraction of sp³-hybridized carbons (Fsp3) is 0. The van der Waals surface area contributed by atoms with Gasteiger partial charge in [-0.2, -0.15) is 4.37 Å². The lowest BCUT2D eigenvalue weighted by Gasteiger charge is -1.94. The van der Waals surface area contributed by atoms with E-state index < -0.39 is 5.82 Å². The molecule has 62 valence electrons. The van der Waals surface area contributed by atoms with Crippen molar-refractivity contribution in [3.63, 3.8) is 0 Å². The Kier molecular flexibility index (Phi) is 1.94. The van der Waals surface area contributed by atoms with Gasteiger partial charge in [0.05, 0.1) is 15.1 Å². The second kappa shape index (κ2) is 2.83. The summed E-state index contributed by atoms with van der Waals surface area (Å²) < 4.78 is 17.5. The number of hydrogen-bond acceptors (Lipinski definition) is 2. The number of hydrogen-bond donors (Lipinski definition) is 0. The van der Waals surface area contributed by atoms with Gasteiger partial charge >= 0.3 is 0 Å². The molecular formula is C7H2Cl2FNS. The van der Waals surface area contributed by atoms with E-state index in [-0.39, 0.29) is 10.2 Å². The molecule has 1 nitrogen and oxygen atoms in total. The highest BCUT2D eigenvalue weighted by molar-refractivity contribution is 7.13. The van der Waals surface area contributed by atoms with Crippen LogP contribution in [0.15, 0.2) is 12.1 Å². The molecule has 0 aliphatic heterocycles. The van der Waals surface area contributed by atoms with E-state index >= 15 is 0 Å². The molecule has 0 saturated heterocycles. The monoisotopic (exact) mass is 221 g/mol. The third-order valence-electron chi connectivity index (χ3n) is 1.49. The molecule has 0 bridgehead atoms. The molecule has 0 radical (unpaired) electrons. The summed E-state index contributed by atoms with van der Waals surface area (Å²) in [5, 5.41) is 0.814. The van der Waals surface area contributed by atoms with E-state index in [9.17, 15) is 4.39 Å². The Bertz CT molecular complexity index is 440. The van der Waals surface area contributed by atoms with Crippen molar-refractivity contribution in [1.82, 2.24) is 4.37 Å². The fourth-order valence-corrected chi connectivity index (χ4v) is 2.34. The maximum Gasteiger partial charge on any atom is 0.152 e. The molecule has 1 heterocycles. The fourth-order valence-electron chi connectivity index (χ4n) is 0.936. The third-order valence-corrected chi connectivity index (χ3v) is 3.04. The number of rotatable bonds is 0. The average molecular weight is 222 g/mol. The predicted molar refractivity (Wildman–Crippen MR) is 49.6 cm³/mol. The van der Waals surface area contributed by atoms with Crippen molar-refractivity contribution >= 4 is 44.8 Å².